The van der Waals surface area contributed by atoms with Gasteiger partial charge in [0, 0.05) is 22.9 Å². The first-order chi connectivity index (χ1) is 24.7. The number of nitrogens with one attached hydrogen (secondary N) is 2. The van der Waals surface area contributed by atoms with E-state index in [1.165, 1.54) is 31.7 Å². The van der Waals surface area contributed by atoms with E-state index in [1.807, 2.05) is 18.2 Å². The predicted octanol–water partition coefficient (Wildman–Crippen LogP) is 10.8. The van der Waals surface area contributed by atoms with Crippen molar-refractivity contribution in [1.82, 2.24) is 0 Å². The molecule has 52 heavy (non-hydrogen) atoms. The van der Waals surface area contributed by atoms with Crippen LogP contribution < -0.4 is 20.1 Å². The van der Waals surface area contributed by atoms with Crippen molar-refractivity contribution in [2.75, 3.05) is 17.2 Å². The zero-order chi connectivity index (χ0) is 37.9. The maximum absolute atomic E-state index is 14.1. The molecule has 0 fully saturated rings. The van der Waals surface area contributed by atoms with Crippen molar-refractivity contribution in [1.29, 1.82) is 0 Å². The number of hydrogen-bond acceptors (Lipinski definition) is 6. The van der Waals surface area contributed by atoms with Crippen molar-refractivity contribution in [2.24, 2.45) is 5.41 Å². The molecule has 0 aliphatic heterocycles. The van der Waals surface area contributed by atoms with Gasteiger partial charge in [-0.2, -0.15) is 0 Å². The first-order valence-corrected chi connectivity index (χ1v) is 18.3. The van der Waals surface area contributed by atoms with E-state index in [-0.39, 0.29) is 35.0 Å². The molecule has 0 radical (unpaired) electrons. The summed E-state index contributed by atoms with van der Waals surface area (Å²) in [6, 6.07) is 21.3. The second-order valence-electron chi connectivity index (χ2n) is 15.3. The highest BCUT2D eigenvalue weighted by Gasteiger charge is 2.29. The fourth-order valence-electron chi connectivity index (χ4n) is 6.62. The van der Waals surface area contributed by atoms with Crippen molar-refractivity contribution < 1.29 is 34.1 Å². The van der Waals surface area contributed by atoms with Crippen LogP contribution in [0, 0.1) is 5.41 Å². The quantitative estimate of drug-likeness (QED) is 0.0755. The van der Waals surface area contributed by atoms with Gasteiger partial charge in [-0.15, -0.1) is 0 Å². The monoisotopic (exact) mass is 710 g/mol. The van der Waals surface area contributed by atoms with Crippen molar-refractivity contribution >= 4 is 39.9 Å². The molecule has 0 aromatic heterocycles. The summed E-state index contributed by atoms with van der Waals surface area (Å²) in [5.41, 5.74) is 2.03. The molecule has 0 unspecified atom stereocenters. The van der Waals surface area contributed by atoms with Crippen LogP contribution in [0.5, 0.6) is 23.0 Å². The van der Waals surface area contributed by atoms with E-state index in [0.717, 1.165) is 24.8 Å². The van der Waals surface area contributed by atoms with Gasteiger partial charge in [0.2, 0.25) is 5.91 Å². The summed E-state index contributed by atoms with van der Waals surface area (Å²) in [4.78, 5) is 37.0. The largest absolute Gasteiger partial charge is 0.506 e. The minimum absolute atomic E-state index is 0.0391. The van der Waals surface area contributed by atoms with Gasteiger partial charge in [0.05, 0.1) is 24.3 Å². The van der Waals surface area contributed by atoms with Crippen molar-refractivity contribution in [3.8, 4) is 23.0 Å². The van der Waals surface area contributed by atoms with Crippen LogP contribution in [0.25, 0.3) is 10.8 Å². The Morgan fingerprint density at radius 2 is 1.42 bits per heavy atom. The molecule has 0 saturated carbocycles. The molecule has 2 amide bonds. The zero-order valence-electron chi connectivity index (χ0n) is 31.4. The number of carbonyl (C=O) groups is 3. The Kier molecular flexibility index (Phi) is 13.7. The van der Waals surface area contributed by atoms with E-state index in [4.69, 9.17) is 14.6 Å². The van der Waals surface area contributed by atoms with E-state index in [0.29, 0.717) is 46.0 Å². The normalized spacial score (nSPS) is 11.7. The summed E-state index contributed by atoms with van der Waals surface area (Å²) in [5.74, 6) is -0.763. The molecule has 0 atom stereocenters. The number of carboxylic acid groups (broad SMARTS) is 1. The van der Waals surface area contributed by atoms with Gasteiger partial charge in [0.15, 0.2) is 0 Å². The van der Waals surface area contributed by atoms with Crippen LogP contribution >= 0.6 is 0 Å². The second kappa shape index (κ2) is 17.9. The molecule has 0 aliphatic rings. The van der Waals surface area contributed by atoms with Crippen LogP contribution in [0.1, 0.15) is 115 Å². The summed E-state index contributed by atoms with van der Waals surface area (Å²) in [6.45, 7) is 13.8. The van der Waals surface area contributed by atoms with Gasteiger partial charge < -0.3 is 30.3 Å². The van der Waals surface area contributed by atoms with E-state index < -0.39 is 17.8 Å². The molecule has 0 saturated heterocycles. The van der Waals surface area contributed by atoms with Gasteiger partial charge in [-0.3, -0.25) is 14.4 Å². The molecule has 0 spiro atoms. The number of phenols is 1. The van der Waals surface area contributed by atoms with Gasteiger partial charge in [-0.1, -0.05) is 104 Å². The fourth-order valence-corrected chi connectivity index (χ4v) is 6.62. The molecule has 4 N–H and O–H groups in total. The first kappa shape index (κ1) is 39.7. The van der Waals surface area contributed by atoms with Crippen LogP contribution in [0.4, 0.5) is 11.4 Å². The molecule has 278 valence electrons. The predicted molar refractivity (Wildman–Crippen MR) is 208 cm³/mol. The Morgan fingerprint density at radius 1 is 0.750 bits per heavy atom. The minimum atomic E-state index is -1.04. The Labute approximate surface area is 307 Å². The van der Waals surface area contributed by atoms with Gasteiger partial charge in [-0.25, -0.2) is 0 Å². The molecule has 0 aliphatic carbocycles. The van der Waals surface area contributed by atoms with Crippen LogP contribution in [0.2, 0.25) is 0 Å². The van der Waals surface area contributed by atoms with E-state index in [9.17, 15) is 19.5 Å². The second-order valence-corrected chi connectivity index (χ2v) is 15.3. The molecule has 0 heterocycles. The molecule has 4 aromatic rings. The summed E-state index contributed by atoms with van der Waals surface area (Å²) in [6.07, 6.45) is 7.35. The van der Waals surface area contributed by atoms with Crippen LogP contribution in [0.3, 0.4) is 0 Å². The lowest BCUT2D eigenvalue weighted by molar-refractivity contribution is -0.138. The van der Waals surface area contributed by atoms with Crippen molar-refractivity contribution in [3.05, 3.63) is 83.9 Å². The lowest BCUT2D eigenvalue weighted by atomic mass is 9.72. The van der Waals surface area contributed by atoms with Gasteiger partial charge >= 0.3 is 5.97 Å². The molecular weight excluding hydrogens is 656 g/mol. The van der Waals surface area contributed by atoms with Gasteiger partial charge in [-0.05, 0) is 71.7 Å². The number of aliphatic carboxylic acids is 1. The van der Waals surface area contributed by atoms with Gasteiger partial charge in [0.1, 0.15) is 23.0 Å². The number of amides is 2. The Bertz CT molecular complexity index is 1840. The number of fused-ring (bicyclic) bond motifs is 1. The third kappa shape index (κ3) is 11.5. The summed E-state index contributed by atoms with van der Waals surface area (Å²) in [5, 5.41) is 27.0. The fraction of sp³-hybridized carbons (Fsp3) is 0.419. The maximum Gasteiger partial charge on any atom is 0.303 e. The Hall–Kier alpha value is -5.05. The zero-order valence-corrected chi connectivity index (χ0v) is 31.4. The van der Waals surface area contributed by atoms with Crippen LogP contribution in [-0.2, 0) is 15.0 Å². The number of aromatic hydroxyl groups is 1. The number of anilines is 2. The van der Waals surface area contributed by atoms with Crippen molar-refractivity contribution in [2.45, 2.75) is 105 Å². The average Bonchev–Trinajstić information content (AvgIpc) is 3.08. The highest BCUT2D eigenvalue weighted by Crippen LogP contribution is 2.41. The lowest BCUT2D eigenvalue weighted by Crippen LogP contribution is -2.25. The number of hydrogen-bond donors (Lipinski definition) is 4. The van der Waals surface area contributed by atoms with E-state index >= 15 is 0 Å². The minimum Gasteiger partial charge on any atom is -0.506 e. The van der Waals surface area contributed by atoms with Crippen LogP contribution in [-0.4, -0.2) is 34.6 Å². The number of phenolic OH excluding ortho intramolecular Hbond substituents is 1. The third-order valence-electron chi connectivity index (χ3n) is 8.89. The Balaban J connectivity index is 1.61. The first-order valence-electron chi connectivity index (χ1n) is 18.3. The standard InChI is InChI=1S/C43H54N2O7/c1-7-8-9-10-11-14-25-51-36-22-17-29(43(5,6)28-42(2,3)4)26-35(36)45-41(50)34-27-37(32-15-12-13-16-33(32)40(34)49)52-31-20-18-30(19-21-31)44-38(46)23-24-39(47)48/h12-13,15-22,26-27,49H,7-11,14,23-25,28H2,1-6H3,(H,44,46)(H,45,50)(H,47,48). The summed E-state index contributed by atoms with van der Waals surface area (Å²) < 4.78 is 12.5. The number of ether oxygens (including phenoxy) is 2. The number of carbonyl (C=O) groups excluding carboxylic acids is 2. The molecule has 9 nitrogen and oxygen atoms in total. The average molecular weight is 711 g/mol. The number of unbranched alkanes of at least 4 members (excludes halogenated alkanes) is 5. The highest BCUT2D eigenvalue weighted by atomic mass is 16.5. The summed E-state index contributed by atoms with van der Waals surface area (Å²) in [7, 11) is 0. The number of rotatable bonds is 18. The highest BCUT2D eigenvalue weighted by molar-refractivity contribution is 6.11. The van der Waals surface area contributed by atoms with Gasteiger partial charge in [0.25, 0.3) is 5.91 Å². The van der Waals surface area contributed by atoms with E-state index in [1.54, 1.807) is 42.5 Å². The van der Waals surface area contributed by atoms with Crippen LogP contribution in [0.15, 0.2) is 72.8 Å². The summed E-state index contributed by atoms with van der Waals surface area (Å²) >= 11 is 0. The molecule has 4 rings (SSSR count). The molecular formula is C43H54N2O7. The van der Waals surface area contributed by atoms with E-state index in [2.05, 4.69) is 58.2 Å². The molecule has 9 heteroatoms. The lowest BCUT2D eigenvalue weighted by Gasteiger charge is -2.33. The number of carboxylic acids is 1. The molecule has 4 aromatic carbocycles. The number of benzene rings is 4. The maximum atomic E-state index is 14.1. The topological polar surface area (TPSA) is 134 Å². The smallest absolute Gasteiger partial charge is 0.303 e. The Morgan fingerprint density at radius 3 is 2.10 bits per heavy atom. The molecule has 0 bridgehead atoms. The SMILES string of the molecule is CCCCCCCCOc1ccc(C(C)(C)CC(C)(C)C)cc1NC(=O)c1cc(Oc2ccc(NC(=O)CCC(=O)O)cc2)c2ccccc2c1O. The van der Waals surface area contributed by atoms with Crippen molar-refractivity contribution in [3.63, 3.8) is 0 Å². The third-order valence-corrected chi connectivity index (χ3v) is 8.89.